The number of aromatic nitrogens is 1. The van der Waals surface area contributed by atoms with Gasteiger partial charge >= 0.3 is 0 Å². The van der Waals surface area contributed by atoms with E-state index in [4.69, 9.17) is 4.74 Å². The lowest BCUT2D eigenvalue weighted by atomic mass is 10.1. The molecule has 5 heteroatoms. The van der Waals surface area contributed by atoms with Crippen molar-refractivity contribution in [3.05, 3.63) is 81.8 Å². The highest BCUT2D eigenvalue weighted by Gasteiger charge is 2.18. The van der Waals surface area contributed by atoms with Gasteiger partial charge in [-0.2, -0.15) is 0 Å². The van der Waals surface area contributed by atoms with Crippen LogP contribution in [-0.4, -0.2) is 29.5 Å². The molecule has 0 aliphatic carbocycles. The van der Waals surface area contributed by atoms with Gasteiger partial charge in [0, 0.05) is 24.5 Å². The lowest BCUT2D eigenvalue weighted by Crippen LogP contribution is -2.33. The number of nitrogens with one attached hydrogen (secondary N) is 1. The van der Waals surface area contributed by atoms with Crippen molar-refractivity contribution in [2.24, 2.45) is 0 Å². The first kappa shape index (κ1) is 20.1. The molecule has 1 atom stereocenters. The maximum absolute atomic E-state index is 5.86. The maximum Gasteiger partial charge on any atom is 0.131 e. The van der Waals surface area contributed by atoms with E-state index in [-0.39, 0.29) is 0 Å². The second-order valence-corrected chi connectivity index (χ2v) is 8.70. The summed E-state index contributed by atoms with van der Waals surface area (Å²) in [6.07, 6.45) is 2.65. The van der Waals surface area contributed by atoms with Crippen molar-refractivity contribution in [3.63, 3.8) is 0 Å². The molecule has 4 nitrogen and oxygen atoms in total. The van der Waals surface area contributed by atoms with Crippen LogP contribution in [0.4, 0.5) is 0 Å². The van der Waals surface area contributed by atoms with Gasteiger partial charge in [0.25, 0.3) is 0 Å². The quantitative estimate of drug-likeness (QED) is 0.544. The molecule has 2 heterocycles. The van der Waals surface area contributed by atoms with Gasteiger partial charge in [-0.15, -0.1) is 11.3 Å². The van der Waals surface area contributed by atoms with Crippen molar-refractivity contribution in [1.29, 1.82) is 0 Å². The van der Waals surface area contributed by atoms with Gasteiger partial charge in [-0.25, -0.2) is 4.98 Å². The molecule has 1 fully saturated rings. The number of benzene rings is 2. The number of hydrogen-bond donors (Lipinski definition) is 1. The fourth-order valence-corrected chi connectivity index (χ4v) is 4.37. The van der Waals surface area contributed by atoms with E-state index >= 15 is 0 Å². The molecule has 1 unspecified atom stereocenters. The topological polar surface area (TPSA) is 37.4 Å². The lowest BCUT2D eigenvalue weighted by Gasteiger charge is -2.25. The van der Waals surface area contributed by atoms with Crippen LogP contribution in [0.3, 0.4) is 0 Å². The minimum Gasteiger partial charge on any atom is -0.487 e. The normalized spacial score (nSPS) is 15.5. The molecule has 0 radical (unpaired) electrons. The van der Waals surface area contributed by atoms with Crippen LogP contribution in [-0.2, 0) is 13.2 Å². The number of aryl methyl sites for hydroxylation is 1. The second-order valence-electron chi connectivity index (χ2n) is 7.64. The number of rotatable bonds is 9. The molecule has 1 aliphatic heterocycles. The van der Waals surface area contributed by atoms with E-state index in [0.717, 1.165) is 29.5 Å². The van der Waals surface area contributed by atoms with Gasteiger partial charge in [0.15, 0.2) is 0 Å². The molecule has 3 aromatic rings. The summed E-state index contributed by atoms with van der Waals surface area (Å²) in [5, 5.41) is 6.90. The van der Waals surface area contributed by atoms with Crippen molar-refractivity contribution in [2.45, 2.75) is 39.0 Å². The third-order valence-corrected chi connectivity index (χ3v) is 6.19. The highest BCUT2D eigenvalue weighted by atomic mass is 32.1. The van der Waals surface area contributed by atoms with E-state index in [1.165, 1.54) is 37.1 Å². The fraction of sp³-hybridized carbons (Fsp3) is 0.375. The molecular weight excluding hydrogens is 378 g/mol. The molecule has 29 heavy (non-hydrogen) atoms. The Morgan fingerprint density at radius 1 is 1.07 bits per heavy atom. The summed E-state index contributed by atoms with van der Waals surface area (Å²) in [6.45, 7) is 6.89. The Labute approximate surface area is 177 Å². The standard InChI is InChI=1S/C24H29N3OS/c1-19-26-22(18-29-19)17-28-23-11-9-20(10-12-23)15-25-24(16-27-13-5-6-14-27)21-7-3-2-4-8-21/h2-4,7-12,18,24-25H,5-6,13-17H2,1H3. The highest BCUT2D eigenvalue weighted by molar-refractivity contribution is 7.09. The minimum atomic E-state index is 0.345. The molecule has 0 saturated carbocycles. The van der Waals surface area contributed by atoms with Gasteiger partial charge in [0.1, 0.15) is 12.4 Å². The Bertz CT molecular complexity index is 873. The molecule has 1 N–H and O–H groups in total. The molecule has 0 bridgehead atoms. The average Bonchev–Trinajstić information content (AvgIpc) is 3.42. The van der Waals surface area contributed by atoms with Gasteiger partial charge < -0.3 is 15.0 Å². The fourth-order valence-electron chi connectivity index (χ4n) is 3.77. The summed E-state index contributed by atoms with van der Waals surface area (Å²) < 4.78 is 5.86. The summed E-state index contributed by atoms with van der Waals surface area (Å²) in [4.78, 5) is 7.01. The van der Waals surface area contributed by atoms with Crippen molar-refractivity contribution < 1.29 is 4.74 Å². The van der Waals surface area contributed by atoms with Crippen LogP contribution in [0.15, 0.2) is 60.0 Å². The first-order chi connectivity index (χ1) is 14.3. The van der Waals surface area contributed by atoms with E-state index < -0.39 is 0 Å². The molecule has 2 aromatic carbocycles. The van der Waals surface area contributed by atoms with Crippen LogP contribution >= 0.6 is 11.3 Å². The van der Waals surface area contributed by atoms with E-state index in [0.29, 0.717) is 12.6 Å². The minimum absolute atomic E-state index is 0.345. The second kappa shape index (κ2) is 10.0. The third kappa shape index (κ3) is 5.89. The monoisotopic (exact) mass is 407 g/mol. The Kier molecular flexibility index (Phi) is 6.93. The zero-order valence-corrected chi connectivity index (χ0v) is 17.8. The van der Waals surface area contributed by atoms with Crippen LogP contribution in [0.1, 0.15) is 40.7 Å². The third-order valence-electron chi connectivity index (χ3n) is 5.37. The number of hydrogen-bond acceptors (Lipinski definition) is 5. The van der Waals surface area contributed by atoms with Crippen molar-refractivity contribution >= 4 is 11.3 Å². The largest absolute Gasteiger partial charge is 0.487 e. The lowest BCUT2D eigenvalue weighted by molar-refractivity contribution is 0.291. The molecule has 1 aromatic heterocycles. The molecular formula is C24H29N3OS. The van der Waals surface area contributed by atoms with Crippen molar-refractivity contribution in [1.82, 2.24) is 15.2 Å². The molecule has 1 saturated heterocycles. The summed E-state index contributed by atoms with van der Waals surface area (Å²) in [7, 11) is 0. The smallest absolute Gasteiger partial charge is 0.131 e. The zero-order valence-electron chi connectivity index (χ0n) is 17.0. The summed E-state index contributed by atoms with van der Waals surface area (Å²) in [6, 6.07) is 19.5. The summed E-state index contributed by atoms with van der Waals surface area (Å²) in [5.74, 6) is 0.885. The summed E-state index contributed by atoms with van der Waals surface area (Å²) >= 11 is 1.66. The maximum atomic E-state index is 5.86. The Balaban J connectivity index is 1.33. The first-order valence-corrected chi connectivity index (χ1v) is 11.3. The van der Waals surface area contributed by atoms with Gasteiger partial charge in [-0.05, 0) is 56.1 Å². The predicted molar refractivity (Wildman–Crippen MR) is 119 cm³/mol. The van der Waals surface area contributed by atoms with Crippen LogP contribution < -0.4 is 10.1 Å². The van der Waals surface area contributed by atoms with Gasteiger partial charge in [0.05, 0.1) is 10.7 Å². The Morgan fingerprint density at radius 2 is 1.83 bits per heavy atom. The average molecular weight is 408 g/mol. The van der Waals surface area contributed by atoms with Crippen LogP contribution in [0, 0.1) is 6.92 Å². The predicted octanol–water partition coefficient (Wildman–Crippen LogP) is 4.96. The van der Waals surface area contributed by atoms with E-state index in [2.05, 4.69) is 63.0 Å². The van der Waals surface area contributed by atoms with E-state index in [9.17, 15) is 0 Å². The van der Waals surface area contributed by atoms with Crippen molar-refractivity contribution in [3.8, 4) is 5.75 Å². The van der Waals surface area contributed by atoms with Crippen LogP contribution in [0.25, 0.3) is 0 Å². The number of likely N-dealkylation sites (tertiary alicyclic amines) is 1. The van der Waals surface area contributed by atoms with Crippen LogP contribution in [0.2, 0.25) is 0 Å². The van der Waals surface area contributed by atoms with Gasteiger partial charge in [0.2, 0.25) is 0 Å². The Hall–Kier alpha value is -2.21. The molecule has 0 spiro atoms. The SMILES string of the molecule is Cc1nc(COc2ccc(CNC(CN3CCCC3)c3ccccc3)cc2)cs1. The first-order valence-electron chi connectivity index (χ1n) is 10.4. The molecule has 152 valence electrons. The van der Waals surface area contributed by atoms with E-state index in [1.807, 2.05) is 19.1 Å². The summed E-state index contributed by atoms with van der Waals surface area (Å²) in [5.41, 5.74) is 3.62. The molecule has 0 amide bonds. The number of thiazole rings is 1. The van der Waals surface area contributed by atoms with E-state index in [1.54, 1.807) is 11.3 Å². The Morgan fingerprint density at radius 3 is 2.52 bits per heavy atom. The van der Waals surface area contributed by atoms with Crippen LogP contribution in [0.5, 0.6) is 5.75 Å². The van der Waals surface area contributed by atoms with Crippen molar-refractivity contribution in [2.75, 3.05) is 19.6 Å². The number of ether oxygens (including phenoxy) is 1. The molecule has 4 rings (SSSR count). The number of nitrogens with zero attached hydrogens (tertiary/aromatic N) is 2. The van der Waals surface area contributed by atoms with Gasteiger partial charge in [-0.3, -0.25) is 0 Å². The molecule has 1 aliphatic rings. The zero-order chi connectivity index (χ0) is 19.9. The van der Waals surface area contributed by atoms with Gasteiger partial charge in [-0.1, -0.05) is 42.5 Å². The highest BCUT2D eigenvalue weighted by Crippen LogP contribution is 2.20.